The number of benzene rings is 1. The van der Waals surface area contributed by atoms with E-state index in [1.54, 1.807) is 34.8 Å². The first-order valence-electron chi connectivity index (χ1n) is 10.4. The average Bonchev–Trinajstić information content (AvgIpc) is 3.27. The van der Waals surface area contributed by atoms with Gasteiger partial charge in [-0.1, -0.05) is 6.42 Å². The minimum absolute atomic E-state index is 0.0204. The van der Waals surface area contributed by atoms with Gasteiger partial charge in [0.1, 0.15) is 0 Å². The lowest BCUT2D eigenvalue weighted by molar-refractivity contribution is 0.0683. The van der Waals surface area contributed by atoms with Crippen LogP contribution in [0, 0.1) is 5.92 Å². The molecule has 0 radical (unpaired) electrons. The number of carbonyl (C=O) groups excluding carboxylic acids is 1. The van der Waals surface area contributed by atoms with E-state index >= 15 is 0 Å². The van der Waals surface area contributed by atoms with Crippen LogP contribution in [0.3, 0.4) is 0 Å². The molecule has 0 saturated carbocycles. The molecule has 29 heavy (non-hydrogen) atoms. The molecule has 7 nitrogen and oxygen atoms in total. The Morgan fingerprint density at radius 3 is 2.31 bits per heavy atom. The smallest absolute Gasteiger partial charge is 0.253 e. The van der Waals surface area contributed by atoms with Crippen LogP contribution in [0.4, 0.5) is 0 Å². The molecule has 2 aromatic rings. The van der Waals surface area contributed by atoms with Gasteiger partial charge in [-0.2, -0.15) is 4.31 Å². The highest BCUT2D eigenvalue weighted by atomic mass is 32.2. The van der Waals surface area contributed by atoms with Crippen LogP contribution < -0.4 is 0 Å². The monoisotopic (exact) mass is 416 g/mol. The topological polar surface area (TPSA) is 75.5 Å². The second-order valence-corrected chi connectivity index (χ2v) is 9.92. The molecular formula is C21H28N4O3S. The van der Waals surface area contributed by atoms with Gasteiger partial charge in [0, 0.05) is 50.7 Å². The Balaban J connectivity index is 1.36. The zero-order chi connectivity index (χ0) is 20.3. The molecule has 1 aromatic carbocycles. The fraction of sp³-hybridized carbons (Fsp3) is 0.524. The summed E-state index contributed by atoms with van der Waals surface area (Å²) in [4.78, 5) is 19.1. The van der Waals surface area contributed by atoms with Gasteiger partial charge >= 0.3 is 0 Å². The van der Waals surface area contributed by atoms with Gasteiger partial charge in [0.2, 0.25) is 10.0 Å². The van der Waals surface area contributed by atoms with Crippen LogP contribution in [0.2, 0.25) is 0 Å². The quantitative estimate of drug-likeness (QED) is 0.751. The van der Waals surface area contributed by atoms with Gasteiger partial charge in [-0.25, -0.2) is 13.4 Å². The Morgan fingerprint density at radius 2 is 1.69 bits per heavy atom. The van der Waals surface area contributed by atoms with Gasteiger partial charge in [-0.3, -0.25) is 4.79 Å². The van der Waals surface area contributed by atoms with Crippen molar-refractivity contribution in [1.82, 2.24) is 18.8 Å². The predicted molar refractivity (Wildman–Crippen MR) is 110 cm³/mol. The number of nitrogens with zero attached hydrogens (tertiary/aromatic N) is 4. The molecule has 8 heteroatoms. The number of imidazole rings is 1. The summed E-state index contributed by atoms with van der Waals surface area (Å²) >= 11 is 0. The molecule has 0 spiro atoms. The Kier molecular flexibility index (Phi) is 6.01. The van der Waals surface area contributed by atoms with E-state index in [2.05, 4.69) is 9.55 Å². The van der Waals surface area contributed by atoms with Crippen molar-refractivity contribution in [2.75, 3.05) is 26.2 Å². The van der Waals surface area contributed by atoms with Crippen LogP contribution in [0.5, 0.6) is 0 Å². The minimum atomic E-state index is -3.46. The number of rotatable bonds is 5. The minimum Gasteiger partial charge on any atom is -0.339 e. The predicted octanol–water partition coefficient (Wildman–Crippen LogP) is 2.61. The van der Waals surface area contributed by atoms with E-state index in [0.29, 0.717) is 24.6 Å². The number of piperidine rings is 2. The summed E-state index contributed by atoms with van der Waals surface area (Å²) in [5, 5.41) is 0. The summed E-state index contributed by atoms with van der Waals surface area (Å²) in [5.74, 6) is 0.526. The van der Waals surface area contributed by atoms with Crippen LogP contribution >= 0.6 is 0 Å². The van der Waals surface area contributed by atoms with Gasteiger partial charge < -0.3 is 9.47 Å². The van der Waals surface area contributed by atoms with Gasteiger partial charge in [0.15, 0.2) is 0 Å². The van der Waals surface area contributed by atoms with Crippen LogP contribution in [-0.4, -0.2) is 59.3 Å². The van der Waals surface area contributed by atoms with E-state index in [9.17, 15) is 13.2 Å². The van der Waals surface area contributed by atoms with Gasteiger partial charge in [0.05, 0.1) is 11.2 Å². The molecule has 2 aliphatic rings. The fourth-order valence-electron chi connectivity index (χ4n) is 4.22. The second-order valence-electron chi connectivity index (χ2n) is 7.98. The van der Waals surface area contributed by atoms with E-state index in [4.69, 9.17) is 0 Å². The van der Waals surface area contributed by atoms with Crippen molar-refractivity contribution >= 4 is 15.9 Å². The van der Waals surface area contributed by atoms with Crippen molar-refractivity contribution in [3.05, 3.63) is 48.5 Å². The SMILES string of the molecule is O=C(c1ccc(S(=O)(=O)N2CCCCC2)cc1)N1CCC(Cn2ccnc2)CC1. The van der Waals surface area contributed by atoms with Crippen molar-refractivity contribution < 1.29 is 13.2 Å². The van der Waals surface area contributed by atoms with Crippen LogP contribution in [0.15, 0.2) is 47.9 Å². The third-order valence-electron chi connectivity index (χ3n) is 5.98. The normalized spacial score (nSPS) is 19.4. The van der Waals surface area contributed by atoms with Crippen molar-refractivity contribution in [1.29, 1.82) is 0 Å². The molecule has 0 atom stereocenters. The van der Waals surface area contributed by atoms with E-state index in [0.717, 1.165) is 51.7 Å². The molecular weight excluding hydrogens is 388 g/mol. The first kappa shape index (κ1) is 20.1. The van der Waals surface area contributed by atoms with Gasteiger partial charge in [-0.15, -0.1) is 0 Å². The molecule has 1 aromatic heterocycles. The lowest BCUT2D eigenvalue weighted by Crippen LogP contribution is -2.39. The molecule has 4 rings (SSSR count). The lowest BCUT2D eigenvalue weighted by Gasteiger charge is -2.32. The highest BCUT2D eigenvalue weighted by Crippen LogP contribution is 2.23. The zero-order valence-electron chi connectivity index (χ0n) is 16.6. The maximum atomic E-state index is 12.8. The zero-order valence-corrected chi connectivity index (χ0v) is 17.4. The van der Waals surface area contributed by atoms with Crippen molar-refractivity contribution in [2.24, 2.45) is 5.92 Å². The number of likely N-dealkylation sites (tertiary alicyclic amines) is 1. The molecule has 1 amide bonds. The van der Waals surface area contributed by atoms with E-state index < -0.39 is 10.0 Å². The fourth-order valence-corrected chi connectivity index (χ4v) is 5.73. The van der Waals surface area contributed by atoms with Gasteiger partial charge in [0.25, 0.3) is 5.91 Å². The van der Waals surface area contributed by atoms with E-state index in [1.165, 1.54) is 0 Å². The first-order chi connectivity index (χ1) is 14.0. The molecule has 2 aliphatic heterocycles. The molecule has 0 bridgehead atoms. The summed E-state index contributed by atoms with van der Waals surface area (Å²) in [6, 6.07) is 6.44. The van der Waals surface area contributed by atoms with Crippen LogP contribution in [-0.2, 0) is 16.6 Å². The van der Waals surface area contributed by atoms with Crippen LogP contribution in [0.1, 0.15) is 42.5 Å². The highest BCUT2D eigenvalue weighted by Gasteiger charge is 2.27. The number of hydrogen-bond donors (Lipinski definition) is 0. The third kappa shape index (κ3) is 4.53. The summed E-state index contributed by atoms with van der Waals surface area (Å²) in [6.45, 7) is 3.55. The highest BCUT2D eigenvalue weighted by molar-refractivity contribution is 7.89. The van der Waals surface area contributed by atoms with Crippen molar-refractivity contribution in [3.8, 4) is 0 Å². The molecule has 0 aliphatic carbocycles. The molecule has 0 unspecified atom stereocenters. The Labute approximate surface area is 172 Å². The number of carbonyl (C=O) groups is 1. The van der Waals surface area contributed by atoms with Crippen LogP contribution in [0.25, 0.3) is 0 Å². The van der Waals surface area contributed by atoms with E-state index in [-0.39, 0.29) is 10.8 Å². The molecule has 156 valence electrons. The van der Waals surface area contributed by atoms with E-state index in [1.807, 2.05) is 17.4 Å². The summed E-state index contributed by atoms with van der Waals surface area (Å²) in [6.07, 6.45) is 10.4. The molecule has 2 fully saturated rings. The molecule has 0 N–H and O–H groups in total. The maximum absolute atomic E-state index is 12.8. The summed E-state index contributed by atoms with van der Waals surface area (Å²) in [5.41, 5.74) is 0.552. The van der Waals surface area contributed by atoms with Crippen molar-refractivity contribution in [3.63, 3.8) is 0 Å². The standard InChI is InChI=1S/C21H28N4O3S/c26-21(24-13-8-18(9-14-24)16-23-15-10-22-17-23)19-4-6-20(7-5-19)29(27,28)25-11-2-1-3-12-25/h4-7,10,15,17-18H,1-3,8-9,11-14,16H2. The summed E-state index contributed by atoms with van der Waals surface area (Å²) < 4.78 is 29.2. The lowest BCUT2D eigenvalue weighted by atomic mass is 9.96. The third-order valence-corrected chi connectivity index (χ3v) is 7.90. The Morgan fingerprint density at radius 1 is 1.00 bits per heavy atom. The average molecular weight is 417 g/mol. The number of sulfonamides is 1. The first-order valence-corrected chi connectivity index (χ1v) is 11.8. The largest absolute Gasteiger partial charge is 0.339 e. The Hall–Kier alpha value is -2.19. The maximum Gasteiger partial charge on any atom is 0.253 e. The number of amides is 1. The number of hydrogen-bond acceptors (Lipinski definition) is 4. The van der Waals surface area contributed by atoms with Crippen molar-refractivity contribution in [2.45, 2.75) is 43.5 Å². The molecule has 3 heterocycles. The second kappa shape index (κ2) is 8.67. The van der Waals surface area contributed by atoms with Gasteiger partial charge in [-0.05, 0) is 55.9 Å². The molecule has 2 saturated heterocycles. The Bertz CT molecular complexity index is 911. The summed E-state index contributed by atoms with van der Waals surface area (Å²) in [7, 11) is -3.46. The number of aromatic nitrogens is 2.